The van der Waals surface area contributed by atoms with Gasteiger partial charge in [-0.05, 0) is 73.0 Å². The minimum Gasteiger partial charge on any atom is -0.352 e. The minimum absolute atomic E-state index is 0.0131. The van der Waals surface area contributed by atoms with Crippen LogP contribution in [0.2, 0.25) is 15.1 Å². The normalized spacial score (nSPS) is 12.6. The van der Waals surface area contributed by atoms with Gasteiger partial charge in [0.2, 0.25) is 11.8 Å². The summed E-state index contributed by atoms with van der Waals surface area (Å²) in [6.45, 7) is 3.23. The fraction of sp³-hybridized carbons (Fsp3) is 0.235. The van der Waals surface area contributed by atoms with Gasteiger partial charge in [-0.3, -0.25) is 13.9 Å². The second-order valence-electron chi connectivity index (χ2n) is 10.6. The van der Waals surface area contributed by atoms with Gasteiger partial charge < -0.3 is 10.2 Å². The predicted octanol–water partition coefficient (Wildman–Crippen LogP) is 7.40. The molecule has 0 aliphatic carbocycles. The van der Waals surface area contributed by atoms with E-state index < -0.39 is 28.5 Å². The molecule has 236 valence electrons. The second kappa shape index (κ2) is 15.6. The molecule has 7 nitrogen and oxygen atoms in total. The van der Waals surface area contributed by atoms with Crippen LogP contribution in [0.3, 0.4) is 0 Å². The van der Waals surface area contributed by atoms with Gasteiger partial charge in [-0.15, -0.1) is 0 Å². The first-order valence-corrected chi connectivity index (χ1v) is 17.0. The van der Waals surface area contributed by atoms with Crippen molar-refractivity contribution < 1.29 is 18.0 Å². The molecule has 0 bridgehead atoms. The summed E-state index contributed by atoms with van der Waals surface area (Å²) in [5.41, 5.74) is 1.70. The Morgan fingerprint density at radius 2 is 1.42 bits per heavy atom. The zero-order valence-electron chi connectivity index (χ0n) is 24.9. The van der Waals surface area contributed by atoms with Crippen molar-refractivity contribution in [1.29, 1.82) is 0 Å². The number of benzene rings is 4. The quantitative estimate of drug-likeness (QED) is 0.159. The smallest absolute Gasteiger partial charge is 0.264 e. The maximum absolute atomic E-state index is 14.5. The van der Waals surface area contributed by atoms with Crippen LogP contribution in [0.4, 0.5) is 5.69 Å². The molecule has 11 heteroatoms. The summed E-state index contributed by atoms with van der Waals surface area (Å²) >= 11 is 18.6. The summed E-state index contributed by atoms with van der Waals surface area (Å²) in [6, 6.07) is 27.2. The van der Waals surface area contributed by atoms with Gasteiger partial charge in [0.15, 0.2) is 0 Å². The van der Waals surface area contributed by atoms with Gasteiger partial charge in [0, 0.05) is 24.0 Å². The summed E-state index contributed by atoms with van der Waals surface area (Å²) in [4.78, 5) is 29.8. The van der Waals surface area contributed by atoms with Gasteiger partial charge in [-0.2, -0.15) is 0 Å². The number of hydrogen-bond donors (Lipinski definition) is 1. The van der Waals surface area contributed by atoms with Crippen LogP contribution in [0.25, 0.3) is 0 Å². The van der Waals surface area contributed by atoms with Crippen LogP contribution in [0.5, 0.6) is 0 Å². The lowest BCUT2D eigenvalue weighted by Crippen LogP contribution is -2.54. The van der Waals surface area contributed by atoms with Gasteiger partial charge in [0.1, 0.15) is 12.6 Å². The Balaban J connectivity index is 1.81. The van der Waals surface area contributed by atoms with Crippen molar-refractivity contribution in [2.75, 3.05) is 10.8 Å². The Labute approximate surface area is 279 Å². The van der Waals surface area contributed by atoms with E-state index in [1.165, 1.54) is 29.2 Å². The van der Waals surface area contributed by atoms with Crippen molar-refractivity contribution in [3.05, 3.63) is 129 Å². The Bertz CT molecular complexity index is 1710. The first-order valence-electron chi connectivity index (χ1n) is 14.4. The average Bonchev–Trinajstić information content (AvgIpc) is 3.04. The van der Waals surface area contributed by atoms with Crippen LogP contribution < -0.4 is 9.62 Å². The highest BCUT2D eigenvalue weighted by Gasteiger charge is 2.35. The molecule has 1 N–H and O–H groups in total. The highest BCUT2D eigenvalue weighted by molar-refractivity contribution is 7.92. The second-order valence-corrected chi connectivity index (χ2v) is 13.7. The first kappa shape index (κ1) is 34.3. The molecule has 4 aromatic rings. The van der Waals surface area contributed by atoms with Crippen LogP contribution >= 0.6 is 34.8 Å². The van der Waals surface area contributed by atoms with Crippen LogP contribution in [-0.2, 0) is 32.6 Å². The molecule has 2 unspecified atom stereocenters. The number of carbonyl (C=O) groups is 2. The molecule has 0 heterocycles. The third kappa shape index (κ3) is 9.01. The fourth-order valence-corrected chi connectivity index (χ4v) is 6.57. The number of nitrogens with zero attached hydrogens (tertiary/aromatic N) is 2. The average molecular weight is 687 g/mol. The number of sulfonamides is 1. The lowest BCUT2D eigenvalue weighted by atomic mass is 10.0. The van der Waals surface area contributed by atoms with Crippen molar-refractivity contribution in [3.63, 3.8) is 0 Å². The minimum atomic E-state index is -4.20. The zero-order chi connectivity index (χ0) is 32.6. The van der Waals surface area contributed by atoms with E-state index in [4.69, 9.17) is 34.8 Å². The molecule has 0 aliphatic heterocycles. The maximum Gasteiger partial charge on any atom is 0.264 e. The van der Waals surface area contributed by atoms with Crippen molar-refractivity contribution in [3.8, 4) is 0 Å². The van der Waals surface area contributed by atoms with Crippen LogP contribution in [0.15, 0.2) is 108 Å². The molecule has 0 saturated heterocycles. The summed E-state index contributed by atoms with van der Waals surface area (Å²) in [7, 11) is -4.20. The topological polar surface area (TPSA) is 86.8 Å². The van der Waals surface area contributed by atoms with Gasteiger partial charge >= 0.3 is 0 Å². The van der Waals surface area contributed by atoms with Crippen molar-refractivity contribution in [2.45, 2.75) is 50.2 Å². The Kier molecular flexibility index (Phi) is 11.9. The van der Waals surface area contributed by atoms with Gasteiger partial charge in [-0.1, -0.05) is 96.3 Å². The van der Waals surface area contributed by atoms with E-state index >= 15 is 0 Å². The third-order valence-corrected chi connectivity index (χ3v) is 10.1. The van der Waals surface area contributed by atoms with Gasteiger partial charge in [0.25, 0.3) is 10.0 Å². The summed E-state index contributed by atoms with van der Waals surface area (Å²) in [5.74, 6) is -0.943. The van der Waals surface area contributed by atoms with Crippen molar-refractivity contribution >= 4 is 62.3 Å². The molecule has 0 radical (unpaired) electrons. The molecule has 0 saturated carbocycles. The monoisotopic (exact) mass is 685 g/mol. The standard InChI is InChI=1S/C34H34Cl3N3O4S/c1-3-24(2)38-34(42)32(21-25-10-6-4-7-11-25)39(22-26-14-19-30(36)31(37)20-26)33(41)23-40(28-17-15-27(35)16-18-28)45(43,44)29-12-8-5-9-13-29/h4-20,24,32H,3,21-23H2,1-2H3,(H,38,42). The number of hydrogen-bond acceptors (Lipinski definition) is 4. The Morgan fingerprint density at radius 3 is 2.02 bits per heavy atom. The molecular weight excluding hydrogens is 653 g/mol. The fourth-order valence-electron chi connectivity index (χ4n) is 4.69. The first-order chi connectivity index (χ1) is 21.5. The number of amides is 2. The lowest BCUT2D eigenvalue weighted by molar-refractivity contribution is -0.140. The molecule has 45 heavy (non-hydrogen) atoms. The highest BCUT2D eigenvalue weighted by Crippen LogP contribution is 2.28. The van der Waals surface area contributed by atoms with E-state index in [2.05, 4.69) is 5.32 Å². The van der Waals surface area contributed by atoms with E-state index in [0.29, 0.717) is 27.1 Å². The van der Waals surface area contributed by atoms with Gasteiger partial charge in [0.05, 0.1) is 20.6 Å². The Morgan fingerprint density at radius 1 is 0.800 bits per heavy atom. The van der Waals surface area contributed by atoms with Crippen LogP contribution in [0.1, 0.15) is 31.4 Å². The molecule has 0 spiro atoms. The zero-order valence-corrected chi connectivity index (χ0v) is 28.0. The third-order valence-electron chi connectivity index (χ3n) is 7.33. The highest BCUT2D eigenvalue weighted by atomic mass is 35.5. The van der Waals surface area contributed by atoms with Crippen molar-refractivity contribution in [2.24, 2.45) is 0 Å². The number of nitrogens with one attached hydrogen (secondary N) is 1. The van der Waals surface area contributed by atoms with Crippen LogP contribution in [-0.4, -0.2) is 43.8 Å². The van der Waals surface area contributed by atoms with E-state index in [1.54, 1.807) is 48.5 Å². The summed E-state index contributed by atoms with van der Waals surface area (Å²) in [5, 5.41) is 4.06. The molecule has 2 atom stereocenters. The van der Waals surface area contributed by atoms with Gasteiger partial charge in [-0.25, -0.2) is 8.42 Å². The number of rotatable bonds is 13. The van der Waals surface area contributed by atoms with E-state index in [9.17, 15) is 18.0 Å². The molecule has 4 aromatic carbocycles. The molecule has 0 fully saturated rings. The van der Waals surface area contributed by atoms with Crippen LogP contribution in [0, 0.1) is 0 Å². The summed E-state index contributed by atoms with van der Waals surface area (Å²) in [6.07, 6.45) is 0.882. The molecule has 2 amide bonds. The van der Waals surface area contributed by atoms with Crippen molar-refractivity contribution in [1.82, 2.24) is 10.2 Å². The van der Waals surface area contributed by atoms with E-state index in [0.717, 1.165) is 9.87 Å². The lowest BCUT2D eigenvalue weighted by Gasteiger charge is -2.34. The Hall–Kier alpha value is -3.56. The number of halogens is 3. The predicted molar refractivity (Wildman–Crippen MR) is 181 cm³/mol. The molecule has 0 aromatic heterocycles. The largest absolute Gasteiger partial charge is 0.352 e. The SMILES string of the molecule is CCC(C)NC(=O)C(Cc1ccccc1)N(Cc1ccc(Cl)c(Cl)c1)C(=O)CN(c1ccc(Cl)cc1)S(=O)(=O)c1ccccc1. The number of anilines is 1. The molecule has 0 aliphatic rings. The molecular formula is C34H34Cl3N3O4S. The molecule has 4 rings (SSSR count). The number of carbonyl (C=O) groups excluding carboxylic acids is 2. The summed E-state index contributed by atoms with van der Waals surface area (Å²) < 4.78 is 29.0. The maximum atomic E-state index is 14.5. The van der Waals surface area contributed by atoms with E-state index in [-0.39, 0.29) is 35.5 Å². The van der Waals surface area contributed by atoms with E-state index in [1.807, 2.05) is 44.2 Å².